The summed E-state index contributed by atoms with van der Waals surface area (Å²) in [5.41, 5.74) is 2.67. The first-order valence-corrected chi connectivity index (χ1v) is 9.71. The maximum Gasteiger partial charge on any atom is 0.319 e. The fraction of sp³-hybridized carbons (Fsp3) is 0.381. The third kappa shape index (κ3) is 6.44. The Hall–Kier alpha value is -2.64. The number of urea groups is 1. The lowest BCUT2D eigenvalue weighted by atomic mass is 10.0. The predicted molar refractivity (Wildman–Crippen MR) is 116 cm³/mol. The van der Waals surface area contributed by atoms with Gasteiger partial charge in [-0.1, -0.05) is 25.1 Å². The average molecular weight is 418 g/mol. The van der Waals surface area contributed by atoms with Gasteiger partial charge in [-0.3, -0.25) is 9.78 Å². The van der Waals surface area contributed by atoms with Gasteiger partial charge in [0, 0.05) is 44.3 Å². The van der Waals surface area contributed by atoms with Crippen molar-refractivity contribution in [3.8, 4) is 0 Å². The number of benzene rings is 1. The molecule has 3 rings (SSSR count). The van der Waals surface area contributed by atoms with Crippen LogP contribution >= 0.6 is 12.4 Å². The van der Waals surface area contributed by atoms with Crippen LogP contribution in [-0.4, -0.2) is 48.0 Å². The smallest absolute Gasteiger partial charge is 0.319 e. The maximum atomic E-state index is 12.9. The zero-order valence-electron chi connectivity index (χ0n) is 16.6. The number of carbonyl (C=O) groups is 2. The minimum atomic E-state index is -0.217. The van der Waals surface area contributed by atoms with Crippen LogP contribution in [0.15, 0.2) is 48.8 Å². The molecule has 3 N–H and O–H groups in total. The van der Waals surface area contributed by atoms with E-state index in [9.17, 15) is 9.59 Å². The van der Waals surface area contributed by atoms with E-state index in [1.807, 2.05) is 54.4 Å². The standard InChI is InChI=1S/C21H27N5O2.ClH/c1-2-9-24-21(28)25-18-7-5-16(6-8-18)13-20(27)26-12-11-23-15-19(26)17-4-3-10-22-14-17;/h3-8,10,14,19,23H,2,9,11-13,15H2,1H3,(H2,24,25,28);1H. The van der Waals surface area contributed by atoms with Crippen molar-refractivity contribution in [2.24, 2.45) is 0 Å². The van der Waals surface area contributed by atoms with Crippen molar-refractivity contribution in [3.05, 3.63) is 59.9 Å². The molecule has 8 heteroatoms. The highest BCUT2D eigenvalue weighted by Gasteiger charge is 2.27. The molecule has 7 nitrogen and oxygen atoms in total. The highest BCUT2D eigenvalue weighted by atomic mass is 35.5. The lowest BCUT2D eigenvalue weighted by Gasteiger charge is -2.36. The summed E-state index contributed by atoms with van der Waals surface area (Å²) in [6.45, 7) is 4.84. The average Bonchev–Trinajstić information content (AvgIpc) is 2.74. The first-order valence-electron chi connectivity index (χ1n) is 9.71. The molecule has 1 aliphatic heterocycles. The van der Waals surface area contributed by atoms with Crippen LogP contribution in [0, 0.1) is 0 Å². The summed E-state index contributed by atoms with van der Waals surface area (Å²) in [6, 6.07) is 11.1. The van der Waals surface area contributed by atoms with E-state index in [1.54, 1.807) is 6.20 Å². The van der Waals surface area contributed by atoms with Gasteiger partial charge in [-0.2, -0.15) is 0 Å². The number of hydrogen-bond donors (Lipinski definition) is 3. The molecular weight excluding hydrogens is 390 g/mol. The molecule has 1 saturated heterocycles. The van der Waals surface area contributed by atoms with Gasteiger partial charge in [-0.25, -0.2) is 4.79 Å². The number of aromatic nitrogens is 1. The van der Waals surface area contributed by atoms with Crippen LogP contribution in [-0.2, 0) is 11.2 Å². The Bertz CT molecular complexity index is 785. The van der Waals surface area contributed by atoms with E-state index in [-0.39, 0.29) is 30.4 Å². The number of carbonyl (C=O) groups excluding carboxylic acids is 2. The predicted octanol–water partition coefficient (Wildman–Crippen LogP) is 2.75. The topological polar surface area (TPSA) is 86.4 Å². The van der Waals surface area contributed by atoms with Crippen LogP contribution < -0.4 is 16.0 Å². The largest absolute Gasteiger partial charge is 0.338 e. The molecule has 1 aromatic heterocycles. The summed E-state index contributed by atoms with van der Waals surface area (Å²) < 4.78 is 0. The Balaban J connectivity index is 0.00000300. The molecule has 3 amide bonds. The summed E-state index contributed by atoms with van der Waals surface area (Å²) in [4.78, 5) is 30.8. The quantitative estimate of drug-likeness (QED) is 0.674. The molecular formula is C21H28ClN5O2. The Labute approximate surface area is 177 Å². The molecule has 0 radical (unpaired) electrons. The van der Waals surface area contributed by atoms with Gasteiger partial charge >= 0.3 is 6.03 Å². The van der Waals surface area contributed by atoms with Crippen LogP contribution in [0.3, 0.4) is 0 Å². The van der Waals surface area contributed by atoms with E-state index in [4.69, 9.17) is 0 Å². The number of rotatable bonds is 6. The summed E-state index contributed by atoms with van der Waals surface area (Å²) >= 11 is 0. The maximum absolute atomic E-state index is 12.9. The molecule has 0 aliphatic carbocycles. The minimum absolute atomic E-state index is 0. The summed E-state index contributed by atoms with van der Waals surface area (Å²) in [6.07, 6.45) is 4.78. The van der Waals surface area contributed by atoms with E-state index in [0.717, 1.165) is 30.6 Å². The van der Waals surface area contributed by atoms with E-state index in [2.05, 4.69) is 20.9 Å². The van der Waals surface area contributed by atoms with Crippen molar-refractivity contribution < 1.29 is 9.59 Å². The van der Waals surface area contributed by atoms with E-state index < -0.39 is 0 Å². The normalized spacial score (nSPS) is 15.9. The van der Waals surface area contributed by atoms with Gasteiger partial charge in [-0.15, -0.1) is 12.4 Å². The Morgan fingerprint density at radius 2 is 2.03 bits per heavy atom. The van der Waals surface area contributed by atoms with Crippen LogP contribution in [0.1, 0.15) is 30.5 Å². The molecule has 156 valence electrons. The molecule has 1 aromatic carbocycles. The number of anilines is 1. The Morgan fingerprint density at radius 3 is 2.72 bits per heavy atom. The van der Waals surface area contributed by atoms with Gasteiger partial charge in [-0.05, 0) is 35.7 Å². The SMILES string of the molecule is CCCNC(=O)Nc1ccc(CC(=O)N2CCNCC2c2cccnc2)cc1.Cl. The third-order valence-electron chi connectivity index (χ3n) is 4.74. The molecule has 2 heterocycles. The highest BCUT2D eigenvalue weighted by Crippen LogP contribution is 2.22. The van der Waals surface area contributed by atoms with E-state index in [0.29, 0.717) is 25.2 Å². The van der Waals surface area contributed by atoms with Crippen molar-refractivity contribution in [2.45, 2.75) is 25.8 Å². The van der Waals surface area contributed by atoms with Crippen LogP contribution in [0.4, 0.5) is 10.5 Å². The lowest BCUT2D eigenvalue weighted by Crippen LogP contribution is -2.49. The van der Waals surface area contributed by atoms with Crippen LogP contribution in [0.5, 0.6) is 0 Å². The zero-order chi connectivity index (χ0) is 19.8. The highest BCUT2D eigenvalue weighted by molar-refractivity contribution is 5.89. The van der Waals surface area contributed by atoms with Crippen molar-refractivity contribution in [1.29, 1.82) is 0 Å². The first kappa shape index (κ1) is 22.6. The summed E-state index contributed by atoms with van der Waals surface area (Å²) in [5, 5.41) is 8.91. The molecule has 0 spiro atoms. The lowest BCUT2D eigenvalue weighted by molar-refractivity contribution is -0.133. The fourth-order valence-electron chi connectivity index (χ4n) is 3.27. The number of halogens is 1. The number of piperazine rings is 1. The molecule has 1 fully saturated rings. The molecule has 1 aliphatic rings. The van der Waals surface area contributed by atoms with E-state index in [1.165, 1.54) is 0 Å². The molecule has 1 atom stereocenters. The number of amides is 3. The first-order chi connectivity index (χ1) is 13.7. The molecule has 29 heavy (non-hydrogen) atoms. The van der Waals surface area contributed by atoms with Gasteiger partial charge in [0.25, 0.3) is 0 Å². The molecule has 2 aromatic rings. The number of nitrogens with one attached hydrogen (secondary N) is 3. The second-order valence-corrected chi connectivity index (χ2v) is 6.85. The van der Waals surface area contributed by atoms with E-state index >= 15 is 0 Å². The Morgan fingerprint density at radius 1 is 1.24 bits per heavy atom. The number of nitrogens with zero attached hydrogens (tertiary/aromatic N) is 2. The van der Waals surface area contributed by atoms with Gasteiger partial charge < -0.3 is 20.9 Å². The monoisotopic (exact) mass is 417 g/mol. The summed E-state index contributed by atoms with van der Waals surface area (Å²) in [5.74, 6) is 0.0942. The molecule has 0 bridgehead atoms. The van der Waals surface area contributed by atoms with Crippen LogP contribution in [0.25, 0.3) is 0 Å². The fourth-order valence-corrected chi connectivity index (χ4v) is 3.27. The van der Waals surface area contributed by atoms with Gasteiger partial charge in [0.1, 0.15) is 0 Å². The zero-order valence-corrected chi connectivity index (χ0v) is 17.4. The van der Waals surface area contributed by atoms with Crippen molar-refractivity contribution in [1.82, 2.24) is 20.5 Å². The van der Waals surface area contributed by atoms with Gasteiger partial charge in [0.2, 0.25) is 5.91 Å². The van der Waals surface area contributed by atoms with Crippen molar-refractivity contribution >= 4 is 30.0 Å². The molecule has 1 unspecified atom stereocenters. The Kier molecular flexibility index (Phi) is 8.89. The number of pyridine rings is 1. The van der Waals surface area contributed by atoms with Crippen molar-refractivity contribution in [3.63, 3.8) is 0 Å². The van der Waals surface area contributed by atoms with Crippen LogP contribution in [0.2, 0.25) is 0 Å². The van der Waals surface area contributed by atoms with Crippen molar-refractivity contribution in [2.75, 3.05) is 31.5 Å². The minimum Gasteiger partial charge on any atom is -0.338 e. The molecule has 0 saturated carbocycles. The second kappa shape index (κ2) is 11.4. The number of hydrogen-bond acceptors (Lipinski definition) is 4. The third-order valence-corrected chi connectivity index (χ3v) is 4.74. The summed E-state index contributed by atoms with van der Waals surface area (Å²) in [7, 11) is 0. The second-order valence-electron chi connectivity index (χ2n) is 6.85. The van der Waals surface area contributed by atoms with Gasteiger partial charge in [0.05, 0.1) is 12.5 Å². The van der Waals surface area contributed by atoms with Gasteiger partial charge in [0.15, 0.2) is 0 Å².